The van der Waals surface area contributed by atoms with Gasteiger partial charge >= 0.3 is 6.18 Å². The molecule has 0 unspecified atom stereocenters. The standard InChI is InChI=1S/C12H16F3NO3S/c1-11(2,3)20(17,18)7-9-4-5-10(16-6-9)19-8-12(13,14)15/h4-6H,7-8H2,1-3H3. The Kier molecular flexibility index (Phi) is 4.68. The summed E-state index contributed by atoms with van der Waals surface area (Å²) in [6, 6.07) is 2.61. The molecule has 114 valence electrons. The summed E-state index contributed by atoms with van der Waals surface area (Å²) in [5.74, 6) is -0.414. The molecule has 0 N–H and O–H groups in total. The number of hydrogen-bond donors (Lipinski definition) is 0. The Morgan fingerprint density at radius 1 is 1.20 bits per heavy atom. The van der Waals surface area contributed by atoms with Gasteiger partial charge in [-0.15, -0.1) is 0 Å². The Morgan fingerprint density at radius 2 is 1.80 bits per heavy atom. The van der Waals surface area contributed by atoms with Crippen molar-refractivity contribution in [2.45, 2.75) is 37.4 Å². The van der Waals surface area contributed by atoms with Crippen LogP contribution in [-0.4, -0.2) is 30.9 Å². The normalized spacial score (nSPS) is 13.3. The van der Waals surface area contributed by atoms with E-state index in [1.165, 1.54) is 18.3 Å². The molecule has 0 amide bonds. The van der Waals surface area contributed by atoms with Gasteiger partial charge in [0, 0.05) is 12.3 Å². The summed E-state index contributed by atoms with van der Waals surface area (Å²) in [6.45, 7) is 3.31. The van der Waals surface area contributed by atoms with Gasteiger partial charge in [0.15, 0.2) is 16.4 Å². The van der Waals surface area contributed by atoms with E-state index < -0.39 is 27.4 Å². The molecule has 0 radical (unpaired) electrons. The lowest BCUT2D eigenvalue weighted by atomic mass is 10.3. The van der Waals surface area contributed by atoms with Crippen molar-refractivity contribution in [2.75, 3.05) is 6.61 Å². The molecule has 0 aliphatic heterocycles. The molecule has 0 fully saturated rings. The molecule has 1 heterocycles. The summed E-state index contributed by atoms with van der Waals surface area (Å²) >= 11 is 0. The topological polar surface area (TPSA) is 56.3 Å². The van der Waals surface area contributed by atoms with Gasteiger partial charge in [0.2, 0.25) is 5.88 Å². The molecule has 1 aromatic rings. The first-order chi connectivity index (χ1) is 8.91. The second-order valence-corrected chi connectivity index (χ2v) is 8.02. The third-order valence-electron chi connectivity index (χ3n) is 2.47. The fourth-order valence-electron chi connectivity index (χ4n) is 1.17. The molecule has 0 saturated carbocycles. The van der Waals surface area contributed by atoms with Crippen LogP contribution < -0.4 is 4.74 Å². The van der Waals surface area contributed by atoms with Crippen LogP contribution in [-0.2, 0) is 15.6 Å². The van der Waals surface area contributed by atoms with Crippen LogP contribution >= 0.6 is 0 Å². The van der Waals surface area contributed by atoms with Gasteiger partial charge in [-0.05, 0) is 26.3 Å². The first-order valence-corrected chi connectivity index (χ1v) is 7.43. The average molecular weight is 311 g/mol. The van der Waals surface area contributed by atoms with Crippen molar-refractivity contribution >= 4 is 9.84 Å². The highest BCUT2D eigenvalue weighted by atomic mass is 32.2. The number of alkyl halides is 3. The number of ether oxygens (including phenoxy) is 1. The first-order valence-electron chi connectivity index (χ1n) is 5.77. The van der Waals surface area contributed by atoms with Crippen LogP contribution in [0.2, 0.25) is 0 Å². The molecule has 8 heteroatoms. The van der Waals surface area contributed by atoms with E-state index in [-0.39, 0.29) is 11.6 Å². The monoisotopic (exact) mass is 311 g/mol. The highest BCUT2D eigenvalue weighted by Crippen LogP contribution is 2.21. The van der Waals surface area contributed by atoms with Crippen molar-refractivity contribution in [2.24, 2.45) is 0 Å². The molecular formula is C12H16F3NO3S. The fraction of sp³-hybridized carbons (Fsp3) is 0.583. The van der Waals surface area contributed by atoms with Gasteiger partial charge in [0.1, 0.15) is 0 Å². The van der Waals surface area contributed by atoms with Crippen molar-refractivity contribution < 1.29 is 26.3 Å². The minimum atomic E-state index is -4.43. The number of aromatic nitrogens is 1. The van der Waals surface area contributed by atoms with Gasteiger partial charge in [-0.25, -0.2) is 13.4 Å². The molecule has 0 aliphatic rings. The van der Waals surface area contributed by atoms with Crippen molar-refractivity contribution in [3.05, 3.63) is 23.9 Å². The summed E-state index contributed by atoms with van der Waals surface area (Å²) in [5, 5.41) is 0. The third-order valence-corrected chi connectivity index (χ3v) is 5.05. The van der Waals surface area contributed by atoms with Crippen molar-refractivity contribution in [3.63, 3.8) is 0 Å². The fourth-order valence-corrected chi connectivity index (χ4v) is 2.22. The van der Waals surface area contributed by atoms with Crippen LogP contribution in [0.1, 0.15) is 26.3 Å². The van der Waals surface area contributed by atoms with Gasteiger partial charge in [0.05, 0.1) is 10.5 Å². The molecule has 0 aromatic carbocycles. The highest BCUT2D eigenvalue weighted by molar-refractivity contribution is 7.91. The minimum Gasteiger partial charge on any atom is -0.468 e. The highest BCUT2D eigenvalue weighted by Gasteiger charge is 2.30. The zero-order valence-electron chi connectivity index (χ0n) is 11.4. The Morgan fingerprint density at radius 3 is 2.20 bits per heavy atom. The third kappa shape index (κ3) is 4.99. The van der Waals surface area contributed by atoms with E-state index in [0.29, 0.717) is 5.56 Å². The van der Waals surface area contributed by atoms with Gasteiger partial charge in [-0.2, -0.15) is 13.2 Å². The lowest BCUT2D eigenvalue weighted by Crippen LogP contribution is -2.29. The van der Waals surface area contributed by atoms with Crippen molar-refractivity contribution in [3.8, 4) is 5.88 Å². The number of rotatable bonds is 4. The maximum atomic E-state index is 12.0. The van der Waals surface area contributed by atoms with E-state index in [1.54, 1.807) is 20.8 Å². The summed E-state index contributed by atoms with van der Waals surface area (Å²) in [7, 11) is -3.36. The zero-order valence-corrected chi connectivity index (χ0v) is 12.2. The molecule has 1 rings (SSSR count). The maximum absolute atomic E-state index is 12.0. The Balaban J connectivity index is 2.73. The first kappa shape index (κ1) is 16.7. The predicted molar refractivity (Wildman–Crippen MR) is 68.2 cm³/mol. The molecule has 20 heavy (non-hydrogen) atoms. The summed E-state index contributed by atoms with van der Waals surface area (Å²) in [5.41, 5.74) is 0.402. The SMILES string of the molecule is CC(C)(C)S(=O)(=O)Cc1ccc(OCC(F)(F)F)nc1. The average Bonchev–Trinajstić information content (AvgIpc) is 2.25. The quantitative estimate of drug-likeness (QED) is 0.858. The Labute approximate surface area is 115 Å². The molecule has 0 atom stereocenters. The van der Waals surface area contributed by atoms with E-state index in [4.69, 9.17) is 0 Å². The molecule has 0 saturated heterocycles. The van der Waals surface area contributed by atoms with Crippen LogP contribution in [0.5, 0.6) is 5.88 Å². The van der Waals surface area contributed by atoms with E-state index >= 15 is 0 Å². The molecule has 4 nitrogen and oxygen atoms in total. The number of nitrogens with zero attached hydrogens (tertiary/aromatic N) is 1. The Bertz CT molecular complexity index is 545. The maximum Gasteiger partial charge on any atom is 0.422 e. The van der Waals surface area contributed by atoms with E-state index in [0.717, 1.165) is 0 Å². The minimum absolute atomic E-state index is 0.195. The van der Waals surface area contributed by atoms with Crippen molar-refractivity contribution in [1.29, 1.82) is 0 Å². The van der Waals surface area contributed by atoms with E-state index in [9.17, 15) is 21.6 Å². The number of halogens is 3. The van der Waals surface area contributed by atoms with Gasteiger partial charge in [-0.3, -0.25) is 0 Å². The van der Waals surface area contributed by atoms with Crippen LogP contribution in [0.4, 0.5) is 13.2 Å². The second kappa shape index (κ2) is 5.59. The number of pyridine rings is 1. The lowest BCUT2D eigenvalue weighted by molar-refractivity contribution is -0.154. The summed E-state index contributed by atoms with van der Waals surface area (Å²) in [6.07, 6.45) is -3.23. The number of hydrogen-bond acceptors (Lipinski definition) is 4. The molecule has 0 aliphatic carbocycles. The Hall–Kier alpha value is -1.31. The van der Waals surface area contributed by atoms with Crippen LogP contribution in [0.3, 0.4) is 0 Å². The molecule has 0 spiro atoms. The van der Waals surface area contributed by atoms with E-state index in [1.807, 2.05) is 0 Å². The molecular weight excluding hydrogens is 295 g/mol. The predicted octanol–water partition coefficient (Wildman–Crippen LogP) is 2.74. The smallest absolute Gasteiger partial charge is 0.422 e. The van der Waals surface area contributed by atoms with Crippen LogP contribution in [0.15, 0.2) is 18.3 Å². The second-order valence-electron chi connectivity index (χ2n) is 5.28. The van der Waals surface area contributed by atoms with Gasteiger partial charge in [-0.1, -0.05) is 6.07 Å². The van der Waals surface area contributed by atoms with Gasteiger partial charge in [0.25, 0.3) is 0 Å². The molecule has 1 aromatic heterocycles. The molecule has 0 bridgehead atoms. The number of sulfone groups is 1. The zero-order chi connectivity index (χ0) is 15.6. The van der Waals surface area contributed by atoms with Crippen molar-refractivity contribution in [1.82, 2.24) is 4.98 Å². The largest absolute Gasteiger partial charge is 0.468 e. The lowest BCUT2D eigenvalue weighted by Gasteiger charge is -2.19. The van der Waals surface area contributed by atoms with Gasteiger partial charge < -0.3 is 4.74 Å². The van der Waals surface area contributed by atoms with Crippen LogP contribution in [0.25, 0.3) is 0 Å². The summed E-state index contributed by atoms with van der Waals surface area (Å²) in [4.78, 5) is 3.66. The van der Waals surface area contributed by atoms with E-state index in [2.05, 4.69) is 9.72 Å². The van der Waals surface area contributed by atoms with Crippen LogP contribution in [0, 0.1) is 0 Å². The summed E-state index contributed by atoms with van der Waals surface area (Å²) < 4.78 is 63.3.